The van der Waals surface area contributed by atoms with Gasteiger partial charge in [-0.2, -0.15) is 0 Å². The van der Waals surface area contributed by atoms with E-state index in [1.54, 1.807) is 0 Å². The van der Waals surface area contributed by atoms with E-state index in [1.165, 1.54) is 18.4 Å². The highest BCUT2D eigenvalue weighted by Crippen LogP contribution is 2.18. The van der Waals surface area contributed by atoms with Crippen molar-refractivity contribution in [2.75, 3.05) is 6.54 Å². The fraction of sp³-hybridized carbons (Fsp3) is 0.417. The molecule has 14 heavy (non-hydrogen) atoms. The first-order valence-corrected chi connectivity index (χ1v) is 5.56. The third-order valence-electron chi connectivity index (χ3n) is 2.72. The van der Waals surface area contributed by atoms with E-state index in [0.717, 1.165) is 23.9 Å². The van der Waals surface area contributed by atoms with Crippen LogP contribution in [0.3, 0.4) is 0 Å². The van der Waals surface area contributed by atoms with Crippen LogP contribution in [-0.2, 0) is 6.42 Å². The Hall–Kier alpha value is -0.890. The Bertz CT molecular complexity index is 307. The first kappa shape index (κ1) is 9.66. The van der Waals surface area contributed by atoms with Gasteiger partial charge in [-0.3, -0.25) is 0 Å². The van der Waals surface area contributed by atoms with Crippen LogP contribution in [0.25, 0.3) is 0 Å². The number of benzene rings is 1. The molecule has 0 radical (unpaired) electrons. The average molecular weight is 205 g/mol. The number of piperidine rings is 1. The molecule has 1 aliphatic heterocycles. The summed E-state index contributed by atoms with van der Waals surface area (Å²) in [5.74, 6) is 0.742. The number of hydrogen-bond acceptors (Lipinski definition) is 1. The summed E-state index contributed by atoms with van der Waals surface area (Å²) in [4.78, 5) is 1.04. The SMILES string of the molecule is S=C1CC(Cc2ccccc2)CCN1. The van der Waals surface area contributed by atoms with Gasteiger partial charge in [-0.05, 0) is 24.3 Å². The molecule has 74 valence electrons. The molecule has 0 bridgehead atoms. The highest BCUT2D eigenvalue weighted by molar-refractivity contribution is 7.80. The van der Waals surface area contributed by atoms with Crippen molar-refractivity contribution in [3.63, 3.8) is 0 Å². The lowest BCUT2D eigenvalue weighted by atomic mass is 9.91. The fourth-order valence-corrected chi connectivity index (χ4v) is 2.31. The molecule has 1 fully saturated rings. The highest BCUT2D eigenvalue weighted by Gasteiger charge is 2.16. The lowest BCUT2D eigenvalue weighted by Crippen LogP contribution is -2.32. The number of thiocarbonyl (C=S) groups is 1. The molecule has 2 heteroatoms. The van der Waals surface area contributed by atoms with Crippen molar-refractivity contribution in [2.24, 2.45) is 5.92 Å². The summed E-state index contributed by atoms with van der Waals surface area (Å²) in [6.45, 7) is 1.05. The van der Waals surface area contributed by atoms with Crippen molar-refractivity contribution in [3.05, 3.63) is 35.9 Å². The van der Waals surface area contributed by atoms with Gasteiger partial charge in [0.1, 0.15) is 0 Å². The summed E-state index contributed by atoms with van der Waals surface area (Å²) in [6, 6.07) is 10.7. The van der Waals surface area contributed by atoms with Gasteiger partial charge in [0.15, 0.2) is 0 Å². The maximum absolute atomic E-state index is 5.19. The predicted molar refractivity (Wildman–Crippen MR) is 63.5 cm³/mol. The lowest BCUT2D eigenvalue weighted by molar-refractivity contribution is 0.467. The quantitative estimate of drug-likeness (QED) is 0.745. The Kier molecular flexibility index (Phi) is 3.14. The van der Waals surface area contributed by atoms with Crippen molar-refractivity contribution >= 4 is 17.2 Å². The van der Waals surface area contributed by atoms with E-state index in [9.17, 15) is 0 Å². The Balaban J connectivity index is 1.94. The van der Waals surface area contributed by atoms with E-state index < -0.39 is 0 Å². The van der Waals surface area contributed by atoms with Crippen LogP contribution >= 0.6 is 12.2 Å². The first-order valence-electron chi connectivity index (χ1n) is 5.15. The van der Waals surface area contributed by atoms with Gasteiger partial charge in [-0.25, -0.2) is 0 Å². The fourth-order valence-electron chi connectivity index (χ4n) is 1.97. The molecule has 2 rings (SSSR count). The van der Waals surface area contributed by atoms with Crippen LogP contribution in [0, 0.1) is 5.92 Å². The molecule has 1 saturated heterocycles. The number of hydrogen-bond donors (Lipinski definition) is 1. The molecule has 1 aromatic carbocycles. The zero-order valence-corrected chi connectivity index (χ0v) is 9.02. The molecule has 0 aromatic heterocycles. The summed E-state index contributed by atoms with van der Waals surface area (Å²) >= 11 is 5.19. The topological polar surface area (TPSA) is 12.0 Å². The second kappa shape index (κ2) is 4.56. The molecule has 1 N–H and O–H groups in total. The molecule has 1 atom stereocenters. The summed E-state index contributed by atoms with van der Waals surface area (Å²) in [6.07, 6.45) is 3.47. The van der Waals surface area contributed by atoms with E-state index in [1.807, 2.05) is 0 Å². The lowest BCUT2D eigenvalue weighted by Gasteiger charge is -2.23. The standard InChI is InChI=1S/C12H15NS/c14-12-9-11(6-7-13-12)8-10-4-2-1-3-5-10/h1-5,11H,6-9H2,(H,13,14). The number of rotatable bonds is 2. The molecule has 1 aliphatic rings. The van der Waals surface area contributed by atoms with E-state index >= 15 is 0 Å². The Morgan fingerprint density at radius 3 is 2.79 bits per heavy atom. The maximum Gasteiger partial charge on any atom is 0.0756 e. The molecule has 1 unspecified atom stereocenters. The average Bonchev–Trinajstić information content (AvgIpc) is 2.19. The monoisotopic (exact) mass is 205 g/mol. The summed E-state index contributed by atoms with van der Waals surface area (Å²) in [5, 5.41) is 3.23. The van der Waals surface area contributed by atoms with Crippen LogP contribution < -0.4 is 5.32 Å². The molecular weight excluding hydrogens is 190 g/mol. The minimum atomic E-state index is 0.742. The predicted octanol–water partition coefficient (Wildman–Crippen LogP) is 2.56. The molecule has 0 saturated carbocycles. The van der Waals surface area contributed by atoms with E-state index in [-0.39, 0.29) is 0 Å². The van der Waals surface area contributed by atoms with Crippen molar-refractivity contribution in [2.45, 2.75) is 19.3 Å². The largest absolute Gasteiger partial charge is 0.380 e. The van der Waals surface area contributed by atoms with Gasteiger partial charge in [0.25, 0.3) is 0 Å². The van der Waals surface area contributed by atoms with Crippen LogP contribution in [0.2, 0.25) is 0 Å². The molecule has 1 aromatic rings. The maximum atomic E-state index is 5.19. The van der Waals surface area contributed by atoms with E-state index in [2.05, 4.69) is 35.6 Å². The second-order valence-electron chi connectivity index (χ2n) is 3.90. The summed E-state index contributed by atoms with van der Waals surface area (Å²) in [7, 11) is 0. The van der Waals surface area contributed by atoms with Gasteiger partial charge in [0, 0.05) is 13.0 Å². The van der Waals surface area contributed by atoms with Gasteiger partial charge >= 0.3 is 0 Å². The van der Waals surface area contributed by atoms with Gasteiger partial charge in [0.05, 0.1) is 4.99 Å². The summed E-state index contributed by atoms with van der Waals surface area (Å²) < 4.78 is 0. The first-order chi connectivity index (χ1) is 6.84. The van der Waals surface area contributed by atoms with Crippen LogP contribution in [0.4, 0.5) is 0 Å². The van der Waals surface area contributed by atoms with Gasteiger partial charge in [0.2, 0.25) is 0 Å². The second-order valence-corrected chi connectivity index (χ2v) is 4.39. The smallest absolute Gasteiger partial charge is 0.0756 e. The Labute approximate surface area is 90.5 Å². The third-order valence-corrected chi connectivity index (χ3v) is 3.03. The number of nitrogens with one attached hydrogen (secondary N) is 1. The zero-order valence-electron chi connectivity index (χ0n) is 8.20. The Morgan fingerprint density at radius 2 is 2.07 bits per heavy atom. The van der Waals surface area contributed by atoms with Crippen LogP contribution in [0.15, 0.2) is 30.3 Å². The van der Waals surface area contributed by atoms with E-state index in [0.29, 0.717) is 0 Å². The normalized spacial score (nSPS) is 21.7. The molecule has 0 aliphatic carbocycles. The minimum absolute atomic E-state index is 0.742. The molecule has 0 amide bonds. The van der Waals surface area contributed by atoms with Gasteiger partial charge < -0.3 is 5.32 Å². The van der Waals surface area contributed by atoms with Crippen molar-refractivity contribution in [3.8, 4) is 0 Å². The van der Waals surface area contributed by atoms with Crippen LogP contribution in [0.1, 0.15) is 18.4 Å². The van der Waals surface area contributed by atoms with Crippen LogP contribution in [-0.4, -0.2) is 11.5 Å². The van der Waals surface area contributed by atoms with Crippen molar-refractivity contribution in [1.29, 1.82) is 0 Å². The molecule has 1 heterocycles. The van der Waals surface area contributed by atoms with Gasteiger partial charge in [-0.15, -0.1) is 0 Å². The molecule has 1 nitrogen and oxygen atoms in total. The molecule has 0 spiro atoms. The minimum Gasteiger partial charge on any atom is -0.380 e. The zero-order chi connectivity index (χ0) is 9.80. The summed E-state index contributed by atoms with van der Waals surface area (Å²) in [5.41, 5.74) is 1.43. The highest BCUT2D eigenvalue weighted by atomic mass is 32.1. The van der Waals surface area contributed by atoms with Crippen molar-refractivity contribution < 1.29 is 0 Å². The molecular formula is C12H15NS. The third kappa shape index (κ3) is 2.55. The van der Waals surface area contributed by atoms with Gasteiger partial charge in [-0.1, -0.05) is 42.5 Å². The van der Waals surface area contributed by atoms with Crippen LogP contribution in [0.5, 0.6) is 0 Å². The van der Waals surface area contributed by atoms with E-state index in [4.69, 9.17) is 12.2 Å². The Morgan fingerprint density at radius 1 is 1.29 bits per heavy atom. The van der Waals surface area contributed by atoms with Crippen molar-refractivity contribution in [1.82, 2.24) is 5.32 Å².